The molecule has 18 heteroatoms. The molecule has 1 aromatic carbocycles. The Hall–Kier alpha value is -2.68. The van der Waals surface area contributed by atoms with E-state index in [2.05, 4.69) is 5.32 Å². The summed E-state index contributed by atoms with van der Waals surface area (Å²) in [6, 6.07) is 3.88. The molecule has 0 aliphatic carbocycles. The van der Waals surface area contributed by atoms with Gasteiger partial charge in [-0.1, -0.05) is 32.9 Å². The second kappa shape index (κ2) is 21.3. The first-order chi connectivity index (χ1) is 28.1. The van der Waals surface area contributed by atoms with E-state index < -0.39 is 112 Å². The van der Waals surface area contributed by atoms with Gasteiger partial charge in [0.25, 0.3) is 5.67 Å². The smallest absolute Gasteiger partial charge is 0.351 e. The molecule has 0 aromatic heterocycles. The van der Waals surface area contributed by atoms with E-state index in [0.29, 0.717) is 18.5 Å². The van der Waals surface area contributed by atoms with Crippen molar-refractivity contribution < 1.29 is 65.8 Å². The highest BCUT2D eigenvalue weighted by molar-refractivity contribution is 7.90. The van der Waals surface area contributed by atoms with Crippen LogP contribution in [0.25, 0.3) is 0 Å². The summed E-state index contributed by atoms with van der Waals surface area (Å²) in [6.45, 7) is 11.9. The van der Waals surface area contributed by atoms with Gasteiger partial charge in [-0.05, 0) is 98.0 Å². The van der Waals surface area contributed by atoms with E-state index in [1.165, 1.54) is 33.1 Å². The molecular weight excluding hydrogens is 821 g/mol. The van der Waals surface area contributed by atoms with Crippen molar-refractivity contribution in [2.45, 2.75) is 164 Å². The van der Waals surface area contributed by atoms with Gasteiger partial charge in [-0.3, -0.25) is 9.59 Å². The number of hydrogen-bond acceptors (Lipinski definition) is 14. The summed E-state index contributed by atoms with van der Waals surface area (Å²) < 4.78 is 78.5. The molecule has 2 saturated heterocycles. The number of nitrogens with zero attached hydrogens (tertiary/aromatic N) is 2. The fourth-order valence-electron chi connectivity index (χ4n) is 8.73. The number of sulfone groups is 1. The largest absolute Gasteiger partial charge is 0.457 e. The first kappa shape index (κ1) is 52.7. The van der Waals surface area contributed by atoms with Crippen molar-refractivity contribution in [1.82, 2.24) is 15.1 Å². The van der Waals surface area contributed by atoms with Crippen molar-refractivity contribution in [2.75, 3.05) is 47.2 Å². The van der Waals surface area contributed by atoms with Gasteiger partial charge in [0.1, 0.15) is 30.6 Å². The second-order valence-corrected chi connectivity index (χ2v) is 20.1. The number of benzene rings is 1. The van der Waals surface area contributed by atoms with Crippen LogP contribution in [0.3, 0.4) is 0 Å². The highest BCUT2D eigenvalue weighted by Crippen LogP contribution is 2.38. The number of alkyl halides is 2. The SMILES string of the molecule is CC[C@H]1OC(=O)C(C)(F)C(=O)[C@H](C)[C@@H](O[C@@H]2O[C@H](C)C[C@H](N(C)CCC(=O)N[C@H](CF)Cc3ccc(S(C)(=O)=O)cc3)[C@H]2O)C(C)(OC)C[C@@H](C)CN(C)[C@H](C)[C@@H](O)C1(C)O. The van der Waals surface area contributed by atoms with Crippen molar-refractivity contribution in [3.63, 3.8) is 0 Å². The quantitative estimate of drug-likeness (QED) is 0.166. The summed E-state index contributed by atoms with van der Waals surface area (Å²) in [5, 5.41) is 37.3. The van der Waals surface area contributed by atoms with Crippen LogP contribution < -0.4 is 5.32 Å². The lowest BCUT2D eigenvalue weighted by atomic mass is 9.77. The molecule has 1 aromatic rings. The number of rotatable bonds is 13. The Morgan fingerprint density at radius 3 is 2.26 bits per heavy atom. The predicted molar refractivity (Wildman–Crippen MR) is 224 cm³/mol. The normalized spacial score (nSPS) is 37.1. The summed E-state index contributed by atoms with van der Waals surface area (Å²) in [4.78, 5) is 44.4. The molecule has 15 nitrogen and oxygen atoms in total. The number of cyclic esters (lactones) is 1. The summed E-state index contributed by atoms with van der Waals surface area (Å²) in [7, 11) is 1.49. The lowest BCUT2D eigenvalue weighted by Gasteiger charge is -2.47. The monoisotopic (exact) mass is 891 g/mol. The van der Waals surface area contributed by atoms with Crippen LogP contribution in [0, 0.1) is 11.8 Å². The molecule has 2 heterocycles. The summed E-state index contributed by atoms with van der Waals surface area (Å²) in [5.41, 5.74) is -5.94. The molecule has 0 radical (unpaired) electrons. The Morgan fingerprint density at radius 1 is 1.11 bits per heavy atom. The molecule has 1 amide bonds. The number of carbonyl (C=O) groups is 3. The zero-order valence-electron chi connectivity index (χ0n) is 37.9. The van der Waals surface area contributed by atoms with Crippen LogP contribution in [0.5, 0.6) is 0 Å². The molecule has 3 unspecified atom stereocenters. The van der Waals surface area contributed by atoms with Crippen molar-refractivity contribution in [2.24, 2.45) is 11.8 Å². The molecule has 4 N–H and O–H groups in total. The van der Waals surface area contributed by atoms with E-state index in [0.717, 1.165) is 13.2 Å². The number of aliphatic hydroxyl groups is 3. The maximum absolute atomic E-state index is 16.6. The van der Waals surface area contributed by atoms with Crippen molar-refractivity contribution in [3.8, 4) is 0 Å². The zero-order chi connectivity index (χ0) is 46.4. The topological polar surface area (TPSA) is 201 Å². The standard InChI is InChI=1S/C43H71F2N3O12S/c1-13-33-43(8,54)37(52)28(5)48(10)24-25(2)22-41(6,57-11)38(27(4)36(51)42(7,45)40(53)59-33)60-39-35(50)32(20-26(3)58-39)47(9)19-18-34(49)46-30(23-44)21-29-14-16-31(17-15-29)61(12,55)56/h14-17,25-28,30,32-33,35,37-39,50,52,54H,13,18-24H2,1-12H3,(H,46,49)/t25-,26-,27+,28-,30+,32+,33-,35-,37-,38-,39+,41?,42?,43?/m1/s1. The van der Waals surface area contributed by atoms with Gasteiger partial charge in [0.15, 0.2) is 21.9 Å². The summed E-state index contributed by atoms with van der Waals surface area (Å²) in [6.07, 6.45) is -5.60. The minimum atomic E-state index is -3.40. The minimum Gasteiger partial charge on any atom is -0.457 e. The van der Waals surface area contributed by atoms with Crippen LogP contribution in [0.2, 0.25) is 0 Å². The van der Waals surface area contributed by atoms with Gasteiger partial charge in [-0.25, -0.2) is 22.0 Å². The van der Waals surface area contributed by atoms with Crippen LogP contribution in [0.1, 0.15) is 86.6 Å². The highest BCUT2D eigenvalue weighted by atomic mass is 32.2. The van der Waals surface area contributed by atoms with Gasteiger partial charge < -0.3 is 49.4 Å². The van der Waals surface area contributed by atoms with Gasteiger partial charge in [0.2, 0.25) is 5.91 Å². The Kier molecular flexibility index (Phi) is 18.4. The predicted octanol–water partition coefficient (Wildman–Crippen LogP) is 2.79. The Morgan fingerprint density at radius 2 is 1.72 bits per heavy atom. The number of esters is 1. The highest BCUT2D eigenvalue weighted by Gasteiger charge is 2.55. The molecule has 14 atom stereocenters. The number of amides is 1. The van der Waals surface area contributed by atoms with Gasteiger partial charge in [-0.2, -0.15) is 0 Å². The van der Waals surface area contributed by atoms with Gasteiger partial charge >= 0.3 is 5.97 Å². The fraction of sp³-hybridized carbons (Fsp3) is 0.791. The lowest BCUT2D eigenvalue weighted by Crippen LogP contribution is -2.60. The van der Waals surface area contributed by atoms with Crippen LogP contribution in [0.4, 0.5) is 8.78 Å². The molecule has 3 rings (SSSR count). The third-order valence-electron chi connectivity index (χ3n) is 12.7. The zero-order valence-corrected chi connectivity index (χ0v) is 38.7. The van der Waals surface area contributed by atoms with Crippen molar-refractivity contribution in [1.29, 1.82) is 0 Å². The number of Topliss-reactive ketones (excluding diaryl/α,β-unsaturated/α-hetero) is 1. The number of ether oxygens (including phenoxy) is 4. The molecular formula is C43H71F2N3O12S. The number of aliphatic hydroxyl groups excluding tert-OH is 2. The number of likely N-dealkylation sites (N-methyl/N-ethyl adjacent to an activating group) is 2. The number of ketones is 1. The second-order valence-electron chi connectivity index (χ2n) is 18.1. The fourth-order valence-corrected chi connectivity index (χ4v) is 9.36. The van der Waals surface area contributed by atoms with E-state index in [1.807, 2.05) is 11.8 Å². The average Bonchev–Trinajstić information content (AvgIpc) is 3.19. The van der Waals surface area contributed by atoms with E-state index in [-0.39, 0.29) is 43.0 Å². The number of nitrogens with one attached hydrogen (secondary N) is 1. The maximum atomic E-state index is 16.6. The van der Waals surface area contributed by atoms with Crippen molar-refractivity contribution >= 4 is 27.5 Å². The van der Waals surface area contributed by atoms with Crippen LogP contribution >= 0.6 is 0 Å². The number of halogens is 2. The lowest BCUT2D eigenvalue weighted by molar-refractivity contribution is -0.296. The first-order valence-corrected chi connectivity index (χ1v) is 23.0. The molecule has 0 saturated carbocycles. The number of carbonyl (C=O) groups excluding carboxylic acids is 3. The number of hydrogen-bond donors (Lipinski definition) is 4. The molecule has 0 bridgehead atoms. The Bertz CT molecular complexity index is 1740. The third-order valence-corrected chi connectivity index (χ3v) is 13.8. The van der Waals surface area contributed by atoms with Gasteiger partial charge in [0.05, 0.1) is 28.7 Å². The molecule has 0 spiro atoms. The van der Waals surface area contributed by atoms with Crippen molar-refractivity contribution in [3.05, 3.63) is 29.8 Å². The van der Waals surface area contributed by atoms with Crippen LogP contribution in [0.15, 0.2) is 29.2 Å². The average molecular weight is 892 g/mol. The number of methoxy groups -OCH3 is 1. The third kappa shape index (κ3) is 13.0. The first-order valence-electron chi connectivity index (χ1n) is 21.1. The summed E-state index contributed by atoms with van der Waals surface area (Å²) >= 11 is 0. The van der Waals surface area contributed by atoms with Gasteiger partial charge in [-0.15, -0.1) is 0 Å². The Balaban J connectivity index is 1.86. The maximum Gasteiger partial charge on any atom is 0.351 e. The molecule has 2 aliphatic heterocycles. The summed E-state index contributed by atoms with van der Waals surface area (Å²) in [5.74, 6) is -4.76. The van der Waals surface area contributed by atoms with Crippen LogP contribution in [-0.2, 0) is 49.6 Å². The van der Waals surface area contributed by atoms with Crippen LogP contribution in [-0.4, -0.2) is 170 Å². The molecule has 2 fully saturated rings. The molecule has 2 aliphatic rings. The van der Waals surface area contributed by atoms with E-state index in [9.17, 15) is 42.5 Å². The van der Waals surface area contributed by atoms with E-state index >= 15 is 4.39 Å². The molecule has 61 heavy (non-hydrogen) atoms. The minimum absolute atomic E-state index is 0.00876. The Labute approximate surface area is 360 Å². The van der Waals surface area contributed by atoms with E-state index in [4.69, 9.17) is 18.9 Å². The van der Waals surface area contributed by atoms with E-state index in [1.54, 1.807) is 58.8 Å². The van der Waals surface area contributed by atoms with Gasteiger partial charge in [0, 0.05) is 50.9 Å². The molecule has 350 valence electrons.